The minimum Gasteiger partial charge on any atom is -0.438 e. The van der Waals surface area contributed by atoms with Gasteiger partial charge in [0.05, 0.1) is 0 Å². The van der Waals surface area contributed by atoms with Gasteiger partial charge in [0.1, 0.15) is 0 Å². The summed E-state index contributed by atoms with van der Waals surface area (Å²) in [7, 11) is -2.64. The second-order valence-corrected chi connectivity index (χ2v) is 10.9. The van der Waals surface area contributed by atoms with Gasteiger partial charge in [0, 0.05) is 6.61 Å². The van der Waals surface area contributed by atoms with Crippen molar-refractivity contribution in [3.8, 4) is 0 Å². The molecule has 1 rings (SSSR count). The van der Waals surface area contributed by atoms with Crippen molar-refractivity contribution in [2.24, 2.45) is 0 Å². The summed E-state index contributed by atoms with van der Waals surface area (Å²) in [6, 6.07) is 2.69. The highest BCUT2D eigenvalue weighted by molar-refractivity contribution is 6.78. The van der Waals surface area contributed by atoms with Gasteiger partial charge in [-0.05, 0) is 31.6 Å². The third-order valence-corrected chi connectivity index (χ3v) is 10.1. The normalized spacial score (nSPS) is 34.9. The molecule has 1 aliphatic heterocycles. The monoisotopic (exact) mass is 232 g/mol. The minimum atomic E-state index is -1.37. The molecule has 14 heavy (non-hydrogen) atoms. The summed E-state index contributed by atoms with van der Waals surface area (Å²) >= 11 is 0. The van der Waals surface area contributed by atoms with Crippen LogP contribution in [0.1, 0.15) is 32.6 Å². The summed E-state index contributed by atoms with van der Waals surface area (Å²) in [4.78, 5) is 0. The Morgan fingerprint density at radius 3 is 2.86 bits per heavy atom. The van der Waals surface area contributed by atoms with Crippen LogP contribution in [0.2, 0.25) is 25.2 Å². The summed E-state index contributed by atoms with van der Waals surface area (Å²) in [5.74, 6) is 0. The molecule has 0 spiro atoms. The number of unbranched alkanes of at least 4 members (excludes halogenated alkanes) is 1. The molecule has 2 atom stereocenters. The Balaban J connectivity index is 2.44. The Bertz CT molecular complexity index is 162. The topological polar surface area (TPSA) is 18.5 Å². The zero-order valence-electron chi connectivity index (χ0n) is 9.84. The smallest absolute Gasteiger partial charge is 0.307 e. The highest BCUT2D eigenvalue weighted by atomic mass is 28.4. The van der Waals surface area contributed by atoms with Crippen LogP contribution in [-0.4, -0.2) is 24.2 Å². The molecule has 1 fully saturated rings. The van der Waals surface area contributed by atoms with Crippen molar-refractivity contribution >= 4 is 17.6 Å². The molecule has 0 aromatic heterocycles. The predicted octanol–water partition coefficient (Wildman–Crippen LogP) is 3.04. The lowest BCUT2D eigenvalue weighted by Gasteiger charge is -2.32. The molecule has 1 aliphatic rings. The highest BCUT2D eigenvalue weighted by Crippen LogP contribution is 2.25. The van der Waals surface area contributed by atoms with E-state index in [9.17, 15) is 0 Å². The first-order chi connectivity index (χ1) is 6.66. The Hall–Kier alpha value is 0.354. The summed E-state index contributed by atoms with van der Waals surface area (Å²) in [6.07, 6.45) is 5.19. The molecule has 2 nitrogen and oxygen atoms in total. The SMILES string of the molecule is CCCC[Si]1(C)CCCCO[SiH](C)O1. The van der Waals surface area contributed by atoms with Crippen LogP contribution in [0, 0.1) is 0 Å². The molecule has 0 aliphatic carbocycles. The van der Waals surface area contributed by atoms with Crippen molar-refractivity contribution in [2.45, 2.75) is 57.8 Å². The molecule has 0 amide bonds. The van der Waals surface area contributed by atoms with Gasteiger partial charge < -0.3 is 8.54 Å². The lowest BCUT2D eigenvalue weighted by molar-refractivity contribution is 0.251. The van der Waals surface area contributed by atoms with E-state index in [1.165, 1.54) is 37.8 Å². The fourth-order valence-electron chi connectivity index (χ4n) is 2.08. The van der Waals surface area contributed by atoms with Crippen molar-refractivity contribution in [3.63, 3.8) is 0 Å². The second kappa shape index (κ2) is 6.05. The largest absolute Gasteiger partial charge is 0.438 e. The Labute approximate surface area is 91.0 Å². The zero-order valence-corrected chi connectivity index (χ0v) is 12.0. The quantitative estimate of drug-likeness (QED) is 0.696. The molecule has 0 aromatic rings. The van der Waals surface area contributed by atoms with Crippen LogP contribution in [0.25, 0.3) is 0 Å². The van der Waals surface area contributed by atoms with E-state index in [4.69, 9.17) is 8.54 Å². The molecule has 0 aromatic carbocycles. The summed E-state index contributed by atoms with van der Waals surface area (Å²) in [5, 5.41) is 0. The number of hydrogen-bond donors (Lipinski definition) is 0. The predicted molar refractivity (Wildman–Crippen MR) is 65.4 cm³/mol. The van der Waals surface area contributed by atoms with Crippen LogP contribution in [-0.2, 0) is 8.54 Å². The fourth-order valence-corrected chi connectivity index (χ4v) is 9.35. The van der Waals surface area contributed by atoms with Crippen molar-refractivity contribution < 1.29 is 8.54 Å². The zero-order chi connectivity index (χ0) is 10.4. The van der Waals surface area contributed by atoms with Gasteiger partial charge in [-0.25, -0.2) is 0 Å². The van der Waals surface area contributed by atoms with Gasteiger partial charge in [0.2, 0.25) is 0 Å². The molecule has 0 radical (unpaired) electrons. The first-order valence-electron chi connectivity index (χ1n) is 5.96. The maximum absolute atomic E-state index is 6.24. The molecule has 2 unspecified atom stereocenters. The van der Waals surface area contributed by atoms with Crippen molar-refractivity contribution in [1.82, 2.24) is 0 Å². The number of hydrogen-bond acceptors (Lipinski definition) is 2. The highest BCUT2D eigenvalue weighted by Gasteiger charge is 2.31. The second-order valence-electron chi connectivity index (χ2n) is 4.57. The van der Waals surface area contributed by atoms with Crippen LogP contribution in [0.3, 0.4) is 0 Å². The Kier molecular flexibility index (Phi) is 5.37. The van der Waals surface area contributed by atoms with E-state index in [0.29, 0.717) is 0 Å². The van der Waals surface area contributed by atoms with Crippen molar-refractivity contribution in [2.75, 3.05) is 6.61 Å². The molecular formula is C10H24O2Si2. The molecule has 4 heteroatoms. The van der Waals surface area contributed by atoms with Gasteiger partial charge in [0.15, 0.2) is 8.32 Å². The summed E-state index contributed by atoms with van der Waals surface area (Å²) in [5.41, 5.74) is 0. The van der Waals surface area contributed by atoms with Crippen LogP contribution in [0.4, 0.5) is 0 Å². The number of rotatable bonds is 3. The average molecular weight is 232 g/mol. The van der Waals surface area contributed by atoms with E-state index in [0.717, 1.165) is 6.61 Å². The van der Waals surface area contributed by atoms with Crippen LogP contribution in [0.5, 0.6) is 0 Å². The molecule has 0 N–H and O–H groups in total. The molecule has 84 valence electrons. The van der Waals surface area contributed by atoms with E-state index in [2.05, 4.69) is 20.0 Å². The third-order valence-electron chi connectivity index (χ3n) is 2.96. The van der Waals surface area contributed by atoms with E-state index >= 15 is 0 Å². The Morgan fingerprint density at radius 1 is 1.36 bits per heavy atom. The molecule has 1 heterocycles. The van der Waals surface area contributed by atoms with Gasteiger partial charge in [-0.3, -0.25) is 0 Å². The molecule has 0 bridgehead atoms. The lowest BCUT2D eigenvalue weighted by Crippen LogP contribution is -2.42. The summed E-state index contributed by atoms with van der Waals surface area (Å²) < 4.78 is 11.9. The maximum atomic E-state index is 6.24. The lowest BCUT2D eigenvalue weighted by atomic mass is 10.4. The molecular weight excluding hydrogens is 208 g/mol. The van der Waals surface area contributed by atoms with Crippen LogP contribution >= 0.6 is 0 Å². The summed E-state index contributed by atoms with van der Waals surface area (Å²) in [6.45, 7) is 7.78. The van der Waals surface area contributed by atoms with Crippen molar-refractivity contribution in [1.29, 1.82) is 0 Å². The van der Waals surface area contributed by atoms with Gasteiger partial charge >= 0.3 is 9.28 Å². The average Bonchev–Trinajstić information content (AvgIpc) is 2.11. The first kappa shape index (κ1) is 12.4. The molecule has 0 saturated carbocycles. The van der Waals surface area contributed by atoms with Crippen LogP contribution < -0.4 is 0 Å². The maximum Gasteiger partial charge on any atom is 0.307 e. The van der Waals surface area contributed by atoms with Gasteiger partial charge in [-0.2, -0.15) is 0 Å². The fraction of sp³-hybridized carbons (Fsp3) is 1.00. The van der Waals surface area contributed by atoms with E-state index in [1.807, 2.05) is 0 Å². The standard InChI is InChI=1S/C10H24O2Si2/c1-4-5-9-14(3)10-7-6-8-11-13(2)12-14/h13H,4-10H2,1-3H3. The van der Waals surface area contributed by atoms with E-state index in [1.54, 1.807) is 0 Å². The van der Waals surface area contributed by atoms with Gasteiger partial charge in [0.25, 0.3) is 0 Å². The van der Waals surface area contributed by atoms with E-state index < -0.39 is 17.6 Å². The van der Waals surface area contributed by atoms with E-state index in [-0.39, 0.29) is 0 Å². The third kappa shape index (κ3) is 4.25. The Morgan fingerprint density at radius 2 is 2.14 bits per heavy atom. The molecule has 1 saturated heterocycles. The van der Waals surface area contributed by atoms with Gasteiger partial charge in [-0.1, -0.05) is 26.2 Å². The van der Waals surface area contributed by atoms with Crippen LogP contribution in [0.15, 0.2) is 0 Å². The van der Waals surface area contributed by atoms with Crippen molar-refractivity contribution in [3.05, 3.63) is 0 Å². The first-order valence-corrected chi connectivity index (χ1v) is 10.9. The minimum absolute atomic E-state index is 0.936. The van der Waals surface area contributed by atoms with Gasteiger partial charge in [-0.15, -0.1) is 0 Å².